The number of likely N-dealkylation sites (tertiary alicyclic amines) is 1. The molecule has 2 amide bonds. The van der Waals surface area contributed by atoms with Crippen LogP contribution in [0.25, 0.3) is 10.9 Å². The molecule has 3 unspecified atom stereocenters. The number of thioether (sulfide) groups is 1. The number of amides is 2. The van der Waals surface area contributed by atoms with Crippen LogP contribution in [0.3, 0.4) is 0 Å². The molecule has 1 aliphatic carbocycles. The Labute approximate surface area is 178 Å². The number of likely N-dealkylation sites (N-methyl/N-ethyl adjacent to an activating group) is 1. The van der Waals surface area contributed by atoms with Crippen LogP contribution in [0.4, 0.5) is 4.79 Å². The molecular formula is C23H34N4OS. The van der Waals surface area contributed by atoms with E-state index < -0.39 is 0 Å². The first-order valence-electron chi connectivity index (χ1n) is 11.0. The van der Waals surface area contributed by atoms with Crippen molar-refractivity contribution in [3.63, 3.8) is 0 Å². The summed E-state index contributed by atoms with van der Waals surface area (Å²) in [6.45, 7) is 8.74. The number of carbonyl (C=O) groups excluding carboxylic acids is 1. The molecule has 5 nitrogen and oxygen atoms in total. The van der Waals surface area contributed by atoms with Gasteiger partial charge in [-0.3, -0.25) is 4.90 Å². The average Bonchev–Trinajstić information content (AvgIpc) is 3.13. The molecule has 0 spiro atoms. The van der Waals surface area contributed by atoms with Gasteiger partial charge in [0.15, 0.2) is 0 Å². The van der Waals surface area contributed by atoms with Gasteiger partial charge in [-0.05, 0) is 63.1 Å². The molecule has 0 radical (unpaired) electrons. The number of aromatic nitrogens is 1. The predicted molar refractivity (Wildman–Crippen MR) is 123 cm³/mol. The van der Waals surface area contributed by atoms with E-state index in [-0.39, 0.29) is 16.8 Å². The zero-order chi connectivity index (χ0) is 20.6. The Morgan fingerprint density at radius 3 is 2.86 bits per heavy atom. The molecule has 1 fully saturated rings. The minimum absolute atomic E-state index is 0.0128. The predicted octanol–water partition coefficient (Wildman–Crippen LogP) is 4.19. The summed E-state index contributed by atoms with van der Waals surface area (Å²) < 4.78 is 0.0128. The molecule has 1 saturated heterocycles. The minimum atomic E-state index is 0.0128. The Morgan fingerprint density at radius 1 is 1.34 bits per heavy atom. The van der Waals surface area contributed by atoms with Gasteiger partial charge < -0.3 is 15.2 Å². The van der Waals surface area contributed by atoms with Crippen LogP contribution in [0.1, 0.15) is 44.7 Å². The van der Waals surface area contributed by atoms with Crippen molar-refractivity contribution in [1.82, 2.24) is 20.1 Å². The van der Waals surface area contributed by atoms with Crippen LogP contribution < -0.4 is 5.32 Å². The minimum Gasteiger partial charge on any atom is -0.361 e. The number of nitrogens with zero attached hydrogens (tertiary/aromatic N) is 2. The van der Waals surface area contributed by atoms with E-state index in [0.29, 0.717) is 6.04 Å². The molecule has 2 aliphatic rings. The Hall–Kier alpha value is -1.66. The second-order valence-electron chi connectivity index (χ2n) is 8.46. The first kappa shape index (κ1) is 20.6. The molecule has 1 aromatic heterocycles. The molecule has 2 N–H and O–H groups in total. The average molecular weight is 415 g/mol. The number of fused-ring (bicyclic) bond motifs is 2. The summed E-state index contributed by atoms with van der Waals surface area (Å²) >= 11 is 2.10. The van der Waals surface area contributed by atoms with Crippen molar-refractivity contribution < 1.29 is 4.79 Å². The van der Waals surface area contributed by atoms with E-state index >= 15 is 0 Å². The number of nitrogens with one attached hydrogen (secondary N) is 2. The lowest BCUT2D eigenvalue weighted by Crippen LogP contribution is -2.62. The Morgan fingerprint density at radius 2 is 2.14 bits per heavy atom. The van der Waals surface area contributed by atoms with Gasteiger partial charge in [-0.25, -0.2) is 4.79 Å². The van der Waals surface area contributed by atoms with Gasteiger partial charge in [0.25, 0.3) is 0 Å². The number of piperidine rings is 1. The van der Waals surface area contributed by atoms with E-state index in [9.17, 15) is 4.79 Å². The summed E-state index contributed by atoms with van der Waals surface area (Å²) in [5.74, 6) is 1.14. The summed E-state index contributed by atoms with van der Waals surface area (Å²) in [4.78, 5) is 20.7. The lowest BCUT2D eigenvalue weighted by atomic mass is 9.73. The molecule has 1 aliphatic heterocycles. The number of urea groups is 1. The van der Waals surface area contributed by atoms with Crippen molar-refractivity contribution in [2.24, 2.45) is 0 Å². The third-order valence-electron chi connectivity index (χ3n) is 6.73. The number of hydrogen-bond donors (Lipinski definition) is 2. The van der Waals surface area contributed by atoms with Gasteiger partial charge in [0.1, 0.15) is 0 Å². The summed E-state index contributed by atoms with van der Waals surface area (Å²) in [6.07, 6.45) is 5.42. The maximum atomic E-state index is 12.8. The van der Waals surface area contributed by atoms with Crippen LogP contribution >= 0.6 is 11.8 Å². The lowest BCUT2D eigenvalue weighted by Gasteiger charge is -2.54. The van der Waals surface area contributed by atoms with Crippen molar-refractivity contribution >= 4 is 28.7 Å². The van der Waals surface area contributed by atoms with Crippen LogP contribution in [0, 0.1) is 0 Å². The highest BCUT2D eigenvalue weighted by Gasteiger charge is 2.51. The van der Waals surface area contributed by atoms with E-state index in [1.807, 2.05) is 18.7 Å². The van der Waals surface area contributed by atoms with E-state index in [1.54, 1.807) is 0 Å². The molecule has 2 aromatic rings. The molecule has 0 bridgehead atoms. The number of carbonyl (C=O) groups is 1. The van der Waals surface area contributed by atoms with Gasteiger partial charge in [-0.2, -0.15) is 0 Å². The monoisotopic (exact) mass is 414 g/mol. The summed E-state index contributed by atoms with van der Waals surface area (Å²) in [6, 6.07) is 7.38. The number of H-pyrrole nitrogens is 1. The van der Waals surface area contributed by atoms with Crippen LogP contribution in [0.5, 0.6) is 0 Å². The number of rotatable bonds is 6. The first-order valence-corrected chi connectivity index (χ1v) is 12.0. The normalized spacial score (nSPS) is 26.3. The number of hydrogen-bond acceptors (Lipinski definition) is 3. The van der Waals surface area contributed by atoms with Crippen LogP contribution in [-0.2, 0) is 11.2 Å². The Kier molecular flexibility index (Phi) is 5.85. The van der Waals surface area contributed by atoms with Crippen LogP contribution in [0.2, 0.25) is 0 Å². The summed E-state index contributed by atoms with van der Waals surface area (Å²) in [5, 5.41) is 4.77. The Bertz CT molecular complexity index is 877. The largest absolute Gasteiger partial charge is 0.361 e. The highest BCUT2D eigenvalue weighted by molar-refractivity contribution is 8.00. The van der Waals surface area contributed by atoms with Gasteiger partial charge in [-0.1, -0.05) is 19.1 Å². The molecule has 2 heterocycles. The van der Waals surface area contributed by atoms with E-state index in [0.717, 1.165) is 44.6 Å². The zero-order valence-corrected chi connectivity index (χ0v) is 18.9. The second kappa shape index (κ2) is 8.23. The smallest absolute Gasteiger partial charge is 0.317 e. The highest BCUT2D eigenvalue weighted by Crippen LogP contribution is 2.54. The third-order valence-corrected chi connectivity index (χ3v) is 8.51. The number of benzene rings is 1. The van der Waals surface area contributed by atoms with Crippen molar-refractivity contribution in [2.75, 3.05) is 32.4 Å². The molecule has 4 rings (SSSR count). The molecule has 158 valence electrons. The van der Waals surface area contributed by atoms with Crippen molar-refractivity contribution in [2.45, 2.75) is 56.9 Å². The molecule has 6 heteroatoms. The molecular weight excluding hydrogens is 380 g/mol. The van der Waals surface area contributed by atoms with Crippen LogP contribution in [-0.4, -0.2) is 65.3 Å². The fourth-order valence-corrected chi connectivity index (χ4v) is 7.04. The maximum absolute atomic E-state index is 12.8. The summed E-state index contributed by atoms with van der Waals surface area (Å²) in [7, 11) is 2.24. The van der Waals surface area contributed by atoms with Crippen molar-refractivity contribution in [1.29, 1.82) is 0 Å². The van der Waals surface area contributed by atoms with Gasteiger partial charge in [0.05, 0.1) is 4.75 Å². The number of aromatic amines is 1. The van der Waals surface area contributed by atoms with E-state index in [1.165, 1.54) is 22.0 Å². The van der Waals surface area contributed by atoms with Gasteiger partial charge >= 0.3 is 6.03 Å². The van der Waals surface area contributed by atoms with E-state index in [2.05, 4.69) is 65.3 Å². The van der Waals surface area contributed by atoms with Gasteiger partial charge in [-0.15, -0.1) is 11.8 Å². The molecule has 1 aromatic carbocycles. The van der Waals surface area contributed by atoms with E-state index in [4.69, 9.17) is 0 Å². The molecule has 29 heavy (non-hydrogen) atoms. The van der Waals surface area contributed by atoms with Crippen molar-refractivity contribution in [3.05, 3.63) is 35.5 Å². The zero-order valence-electron chi connectivity index (χ0n) is 18.1. The quantitative estimate of drug-likeness (QED) is 0.745. The fourth-order valence-electron chi connectivity index (χ4n) is 5.38. The van der Waals surface area contributed by atoms with Gasteiger partial charge in [0.2, 0.25) is 0 Å². The highest BCUT2D eigenvalue weighted by atomic mass is 32.2. The standard InChI is InChI=1S/C23H34N4OS/c1-5-11-29-23-13-17(25-22(28)27(6-2)7-3)15-26(4)20(23)12-16-14-24-19-10-8-9-18(23)21(16)19/h8-10,14,17,20,24H,5-7,11-13,15H2,1-4H3,(H,25,28). The maximum Gasteiger partial charge on any atom is 0.317 e. The van der Waals surface area contributed by atoms with Gasteiger partial charge in [0, 0.05) is 48.8 Å². The first-order chi connectivity index (χ1) is 14.0. The van der Waals surface area contributed by atoms with Crippen molar-refractivity contribution in [3.8, 4) is 0 Å². The second-order valence-corrected chi connectivity index (χ2v) is 9.89. The Balaban J connectivity index is 1.73. The molecule has 0 saturated carbocycles. The summed E-state index contributed by atoms with van der Waals surface area (Å²) in [5.41, 5.74) is 4.13. The van der Waals surface area contributed by atoms with Crippen LogP contribution in [0.15, 0.2) is 24.4 Å². The molecule has 3 atom stereocenters. The fraction of sp³-hybridized carbons (Fsp3) is 0.609. The lowest BCUT2D eigenvalue weighted by molar-refractivity contribution is 0.109. The topological polar surface area (TPSA) is 51.4 Å². The third kappa shape index (κ3) is 3.44. The SMILES string of the molecule is CCCSC12CC(NC(=O)N(CC)CC)CN(C)C1Cc1c[nH]c3cccc2c13.